The molecule has 1 atom stereocenters. The fourth-order valence-corrected chi connectivity index (χ4v) is 1.67. The van der Waals surface area contributed by atoms with Crippen molar-refractivity contribution in [2.24, 2.45) is 0 Å². The third-order valence-corrected chi connectivity index (χ3v) is 3.03. The van der Waals surface area contributed by atoms with E-state index in [1.165, 1.54) is 12.3 Å². The van der Waals surface area contributed by atoms with Gasteiger partial charge in [0.05, 0.1) is 0 Å². The Morgan fingerprint density at radius 2 is 2.17 bits per heavy atom. The lowest BCUT2D eigenvalue weighted by molar-refractivity contribution is -0.414. The Kier molecular flexibility index (Phi) is 4.81. The highest BCUT2D eigenvalue weighted by Crippen LogP contribution is 2.27. The van der Waals surface area contributed by atoms with Crippen molar-refractivity contribution >= 4 is 11.0 Å². The highest BCUT2D eigenvalue weighted by atomic mass is 32.2. The summed E-state index contributed by atoms with van der Waals surface area (Å²) in [5.74, 6) is 0. The Morgan fingerprint density at radius 1 is 1.50 bits per heavy atom. The van der Waals surface area contributed by atoms with Crippen LogP contribution in [-0.2, 0) is 23.6 Å². The fourth-order valence-electron chi connectivity index (χ4n) is 1.21. The molecule has 0 saturated heterocycles. The molecule has 1 aromatic rings. The van der Waals surface area contributed by atoms with Crippen molar-refractivity contribution in [1.82, 2.24) is 4.98 Å². The standard InChI is InChI=1S/C10H10F3N3OS/c1-18(17)16(7-14)5-4-8-2-3-9(15-6-8)10(11,12)13/h2-3,6H,4-5H2,1H3. The molecule has 0 aliphatic rings. The van der Waals surface area contributed by atoms with Gasteiger partial charge in [0.1, 0.15) is 12.2 Å². The maximum absolute atomic E-state index is 12.2. The van der Waals surface area contributed by atoms with Gasteiger partial charge in [-0.1, -0.05) is 6.07 Å². The molecule has 4 nitrogen and oxygen atoms in total. The topological polar surface area (TPSA) is 62.8 Å². The lowest BCUT2D eigenvalue weighted by Crippen LogP contribution is -2.14. The first-order valence-corrected chi connectivity index (χ1v) is 6.39. The van der Waals surface area contributed by atoms with Gasteiger partial charge in [0.25, 0.3) is 0 Å². The van der Waals surface area contributed by atoms with E-state index in [4.69, 9.17) is 5.26 Å². The van der Waals surface area contributed by atoms with Gasteiger partial charge in [-0.25, -0.2) is 0 Å². The number of hydrogen-bond donors (Lipinski definition) is 0. The number of alkyl halides is 3. The maximum Gasteiger partial charge on any atom is 0.464 e. The zero-order valence-corrected chi connectivity index (χ0v) is 10.3. The van der Waals surface area contributed by atoms with Crippen LogP contribution in [0.5, 0.6) is 0 Å². The van der Waals surface area contributed by atoms with Crippen LogP contribution in [0.3, 0.4) is 0 Å². The molecule has 1 aromatic heterocycles. The van der Waals surface area contributed by atoms with Gasteiger partial charge in [-0.05, 0) is 17.9 Å². The third kappa shape index (κ3) is 4.09. The van der Waals surface area contributed by atoms with E-state index >= 15 is 0 Å². The third-order valence-electron chi connectivity index (χ3n) is 2.14. The first kappa shape index (κ1) is 14.6. The minimum atomic E-state index is -4.46. The monoisotopic (exact) mass is 277 g/mol. The van der Waals surface area contributed by atoms with Gasteiger partial charge in [-0.2, -0.15) is 17.1 Å². The molecule has 0 aromatic carbocycles. The molecule has 1 rings (SSSR count). The Morgan fingerprint density at radius 3 is 2.56 bits per heavy atom. The molecule has 1 heterocycles. The number of hydrogen-bond acceptors (Lipinski definition) is 3. The Hall–Kier alpha value is -1.46. The lowest BCUT2D eigenvalue weighted by atomic mass is 10.2. The van der Waals surface area contributed by atoms with Gasteiger partial charge < -0.3 is 4.55 Å². The molecular weight excluding hydrogens is 267 g/mol. The Balaban J connectivity index is 2.72. The van der Waals surface area contributed by atoms with Crippen molar-refractivity contribution in [3.8, 4) is 6.19 Å². The molecule has 0 fully saturated rings. The van der Waals surface area contributed by atoms with Crippen LogP contribution in [0, 0.1) is 11.5 Å². The van der Waals surface area contributed by atoms with Gasteiger partial charge in [0.2, 0.25) is 0 Å². The number of pyridine rings is 1. The van der Waals surface area contributed by atoms with Crippen molar-refractivity contribution < 1.29 is 21.7 Å². The maximum atomic E-state index is 12.2. The van der Waals surface area contributed by atoms with E-state index in [2.05, 4.69) is 4.98 Å². The van der Waals surface area contributed by atoms with Gasteiger partial charge in [-0.3, -0.25) is 4.98 Å². The van der Waals surface area contributed by atoms with Gasteiger partial charge in [0, 0.05) is 12.6 Å². The summed E-state index contributed by atoms with van der Waals surface area (Å²) in [7, 11) is -1.42. The molecular formula is C10H10F3N3OS. The van der Waals surface area contributed by atoms with Gasteiger partial charge in [-0.15, -0.1) is 11.0 Å². The number of rotatable bonds is 3. The van der Waals surface area contributed by atoms with E-state index in [0.29, 0.717) is 12.0 Å². The van der Waals surface area contributed by atoms with E-state index in [1.54, 1.807) is 6.19 Å². The van der Waals surface area contributed by atoms with Crippen molar-refractivity contribution in [1.29, 1.82) is 5.26 Å². The number of nitriles is 1. The van der Waals surface area contributed by atoms with Crippen LogP contribution in [-0.4, -0.2) is 26.3 Å². The van der Waals surface area contributed by atoms with E-state index in [9.17, 15) is 17.7 Å². The van der Waals surface area contributed by atoms with Gasteiger partial charge in [0.15, 0.2) is 5.26 Å². The van der Waals surface area contributed by atoms with Crippen LogP contribution in [0.4, 0.5) is 13.2 Å². The predicted molar refractivity (Wildman–Crippen MR) is 57.7 cm³/mol. The summed E-state index contributed by atoms with van der Waals surface area (Å²) >= 11 is 0. The first-order chi connectivity index (χ1) is 8.34. The molecule has 0 bridgehead atoms. The second kappa shape index (κ2) is 5.93. The van der Waals surface area contributed by atoms with Crippen LogP contribution < -0.4 is 0 Å². The average molecular weight is 277 g/mol. The Labute approximate surface area is 105 Å². The van der Waals surface area contributed by atoms with Crippen molar-refractivity contribution in [2.75, 3.05) is 12.8 Å². The number of nitrogens with zero attached hydrogens (tertiary/aromatic N) is 3. The summed E-state index contributed by atoms with van der Waals surface area (Å²) in [4.78, 5) is 3.30. The molecule has 18 heavy (non-hydrogen) atoms. The van der Waals surface area contributed by atoms with Crippen LogP contribution >= 0.6 is 0 Å². The minimum absolute atomic E-state index is 0.173. The second-order valence-corrected chi connectivity index (χ2v) is 4.71. The molecule has 0 radical (unpaired) electrons. The molecule has 0 amide bonds. The molecule has 0 N–H and O–H groups in total. The summed E-state index contributed by atoms with van der Waals surface area (Å²) in [5.41, 5.74) is -0.406. The summed E-state index contributed by atoms with van der Waals surface area (Å²) in [6.45, 7) is 0.173. The molecule has 0 aliphatic heterocycles. The van der Waals surface area contributed by atoms with Gasteiger partial charge >= 0.3 is 12.4 Å². The van der Waals surface area contributed by atoms with Crippen molar-refractivity contribution in [3.63, 3.8) is 0 Å². The van der Waals surface area contributed by atoms with Crippen molar-refractivity contribution in [2.45, 2.75) is 12.6 Å². The molecule has 0 aliphatic carbocycles. The molecule has 8 heteroatoms. The smallest absolute Gasteiger partial charge is 0.464 e. The minimum Gasteiger partial charge on any atom is -0.772 e. The molecule has 98 valence electrons. The summed E-state index contributed by atoms with van der Waals surface area (Å²) in [6.07, 6.45) is 0.0513. The second-order valence-electron chi connectivity index (χ2n) is 3.43. The highest BCUT2D eigenvalue weighted by molar-refractivity contribution is 7.78. The fraction of sp³-hybridized carbons (Fsp3) is 0.400. The van der Waals surface area contributed by atoms with E-state index in [0.717, 1.165) is 16.2 Å². The predicted octanol–water partition coefficient (Wildman–Crippen LogP) is 1.70. The van der Waals surface area contributed by atoms with E-state index < -0.39 is 22.8 Å². The average Bonchev–Trinajstić information content (AvgIpc) is 2.29. The molecule has 1 unspecified atom stereocenters. The normalized spacial score (nSPS) is 13.9. The van der Waals surface area contributed by atoms with E-state index in [1.807, 2.05) is 0 Å². The number of halogens is 3. The van der Waals surface area contributed by atoms with Crippen LogP contribution in [0.1, 0.15) is 11.3 Å². The summed E-state index contributed by atoms with van der Waals surface area (Å²) in [6, 6.07) is 2.18. The summed E-state index contributed by atoms with van der Waals surface area (Å²) in [5, 5.41) is 8.64. The highest BCUT2D eigenvalue weighted by Gasteiger charge is 2.31. The largest absolute Gasteiger partial charge is 0.772 e. The quantitative estimate of drug-likeness (QED) is 0.480. The first-order valence-electron chi connectivity index (χ1n) is 4.87. The SMILES string of the molecule is CS([O-])=[N+](C#N)CCc1ccc(C(F)(F)F)nc1. The van der Waals surface area contributed by atoms with Crippen LogP contribution in [0.15, 0.2) is 18.3 Å². The molecule has 0 saturated carbocycles. The van der Waals surface area contributed by atoms with E-state index in [-0.39, 0.29) is 6.54 Å². The summed E-state index contributed by atoms with van der Waals surface area (Å²) < 4.78 is 48.8. The number of aromatic nitrogens is 1. The lowest BCUT2D eigenvalue weighted by Gasteiger charge is -2.08. The zero-order valence-electron chi connectivity index (χ0n) is 9.44. The molecule has 0 spiro atoms. The van der Waals surface area contributed by atoms with Crippen LogP contribution in [0.25, 0.3) is 0 Å². The van der Waals surface area contributed by atoms with Crippen LogP contribution in [0.2, 0.25) is 0 Å². The zero-order chi connectivity index (χ0) is 13.8. The Bertz CT molecular complexity index is 487. The van der Waals surface area contributed by atoms with Crippen molar-refractivity contribution in [3.05, 3.63) is 29.6 Å².